The molecule has 2 aromatic carbocycles. The fraction of sp³-hybridized carbons (Fsp3) is 0.235. The molecule has 2 aromatic rings. The van der Waals surface area contributed by atoms with Gasteiger partial charge in [-0.1, -0.05) is 18.2 Å². The van der Waals surface area contributed by atoms with E-state index in [0.717, 1.165) is 11.3 Å². The molecule has 0 saturated heterocycles. The summed E-state index contributed by atoms with van der Waals surface area (Å²) in [5.74, 6) is 0.0834. The Hall–Kier alpha value is -2.36. The predicted octanol–water partition coefficient (Wildman–Crippen LogP) is 3.54. The van der Waals surface area contributed by atoms with Gasteiger partial charge in [0.1, 0.15) is 11.6 Å². The highest BCUT2D eigenvalue weighted by Crippen LogP contribution is 2.14. The lowest BCUT2D eigenvalue weighted by Crippen LogP contribution is -2.22. The summed E-state index contributed by atoms with van der Waals surface area (Å²) in [4.78, 5) is 11.9. The van der Waals surface area contributed by atoms with Crippen molar-refractivity contribution in [2.24, 2.45) is 0 Å². The van der Waals surface area contributed by atoms with Crippen molar-refractivity contribution in [2.45, 2.75) is 26.5 Å². The summed E-state index contributed by atoms with van der Waals surface area (Å²) in [6.07, 6.45) is 0.128. The molecule has 0 spiro atoms. The van der Waals surface area contributed by atoms with Crippen molar-refractivity contribution in [1.29, 1.82) is 0 Å². The van der Waals surface area contributed by atoms with Gasteiger partial charge in [0.2, 0.25) is 0 Å². The maximum Gasteiger partial charge on any atom is 0.251 e. The minimum atomic E-state index is -0.419. The summed E-state index contributed by atoms with van der Waals surface area (Å²) < 4.78 is 18.6. The standard InChI is InChI=1S/C17H18FNO2/c1-12(2)21-16-8-6-13(7-9-16)11-19-17(20)14-4-3-5-15(18)10-14/h3-10,12H,11H2,1-2H3,(H,19,20). The van der Waals surface area contributed by atoms with E-state index in [4.69, 9.17) is 4.74 Å². The van der Waals surface area contributed by atoms with Gasteiger partial charge in [-0.15, -0.1) is 0 Å². The molecular weight excluding hydrogens is 269 g/mol. The molecule has 21 heavy (non-hydrogen) atoms. The van der Waals surface area contributed by atoms with Crippen LogP contribution in [-0.2, 0) is 6.54 Å². The van der Waals surface area contributed by atoms with Crippen LogP contribution < -0.4 is 10.1 Å². The second kappa shape index (κ2) is 6.88. The normalized spacial score (nSPS) is 10.5. The van der Waals surface area contributed by atoms with Crippen LogP contribution >= 0.6 is 0 Å². The van der Waals surface area contributed by atoms with E-state index in [1.165, 1.54) is 18.2 Å². The molecule has 110 valence electrons. The number of rotatable bonds is 5. The van der Waals surface area contributed by atoms with E-state index in [1.807, 2.05) is 38.1 Å². The summed E-state index contributed by atoms with van der Waals surface area (Å²) in [6.45, 7) is 4.32. The fourth-order valence-corrected chi connectivity index (χ4v) is 1.87. The van der Waals surface area contributed by atoms with Crippen molar-refractivity contribution in [2.75, 3.05) is 0 Å². The van der Waals surface area contributed by atoms with Gasteiger partial charge >= 0.3 is 0 Å². The van der Waals surface area contributed by atoms with Crippen LogP contribution in [0.5, 0.6) is 5.75 Å². The van der Waals surface area contributed by atoms with E-state index in [1.54, 1.807) is 6.07 Å². The average molecular weight is 287 g/mol. The van der Waals surface area contributed by atoms with Gasteiger partial charge in [0.25, 0.3) is 5.91 Å². The quantitative estimate of drug-likeness (QED) is 0.913. The van der Waals surface area contributed by atoms with E-state index in [9.17, 15) is 9.18 Å². The van der Waals surface area contributed by atoms with Crippen LogP contribution in [0.15, 0.2) is 48.5 Å². The second-order valence-electron chi connectivity index (χ2n) is 5.00. The van der Waals surface area contributed by atoms with Crippen LogP contribution in [-0.4, -0.2) is 12.0 Å². The Morgan fingerprint density at radius 3 is 2.52 bits per heavy atom. The average Bonchev–Trinajstić information content (AvgIpc) is 2.45. The summed E-state index contributed by atoms with van der Waals surface area (Å²) in [5, 5.41) is 2.76. The topological polar surface area (TPSA) is 38.3 Å². The highest BCUT2D eigenvalue weighted by molar-refractivity contribution is 5.94. The molecule has 0 radical (unpaired) electrons. The summed E-state index contributed by atoms with van der Waals surface area (Å²) in [6, 6.07) is 13.1. The lowest BCUT2D eigenvalue weighted by Gasteiger charge is -2.10. The van der Waals surface area contributed by atoms with Gasteiger partial charge in [-0.2, -0.15) is 0 Å². The minimum Gasteiger partial charge on any atom is -0.491 e. The maximum atomic E-state index is 13.0. The largest absolute Gasteiger partial charge is 0.491 e. The van der Waals surface area contributed by atoms with Gasteiger partial charge in [-0.05, 0) is 49.7 Å². The zero-order valence-electron chi connectivity index (χ0n) is 12.1. The molecule has 3 nitrogen and oxygen atoms in total. The molecular formula is C17H18FNO2. The summed E-state index contributed by atoms with van der Waals surface area (Å²) in [7, 11) is 0. The van der Waals surface area contributed by atoms with Crippen LogP contribution in [0, 0.1) is 5.82 Å². The Kier molecular flexibility index (Phi) is 4.93. The molecule has 2 rings (SSSR count). The van der Waals surface area contributed by atoms with Crippen molar-refractivity contribution < 1.29 is 13.9 Å². The number of ether oxygens (including phenoxy) is 1. The molecule has 0 aromatic heterocycles. The Bertz CT molecular complexity index is 608. The summed E-state index contributed by atoms with van der Waals surface area (Å²) in [5.41, 5.74) is 1.27. The van der Waals surface area contributed by atoms with E-state index in [0.29, 0.717) is 12.1 Å². The van der Waals surface area contributed by atoms with Crippen molar-refractivity contribution >= 4 is 5.91 Å². The van der Waals surface area contributed by atoms with Gasteiger partial charge in [-0.3, -0.25) is 4.79 Å². The van der Waals surface area contributed by atoms with Crippen molar-refractivity contribution in [3.8, 4) is 5.75 Å². The Morgan fingerprint density at radius 2 is 1.90 bits per heavy atom. The third-order valence-electron chi connectivity index (χ3n) is 2.84. The van der Waals surface area contributed by atoms with Crippen molar-refractivity contribution in [1.82, 2.24) is 5.32 Å². The van der Waals surface area contributed by atoms with E-state index in [-0.39, 0.29) is 12.0 Å². The SMILES string of the molecule is CC(C)Oc1ccc(CNC(=O)c2cccc(F)c2)cc1. The molecule has 0 heterocycles. The lowest BCUT2D eigenvalue weighted by atomic mass is 10.2. The van der Waals surface area contributed by atoms with Gasteiger partial charge in [0.15, 0.2) is 0 Å². The van der Waals surface area contributed by atoms with Crippen LogP contribution in [0.25, 0.3) is 0 Å². The predicted molar refractivity (Wildman–Crippen MR) is 79.8 cm³/mol. The van der Waals surface area contributed by atoms with Gasteiger partial charge in [0.05, 0.1) is 6.10 Å². The highest BCUT2D eigenvalue weighted by Gasteiger charge is 2.06. The molecule has 0 aliphatic heterocycles. The lowest BCUT2D eigenvalue weighted by molar-refractivity contribution is 0.0950. The molecule has 0 saturated carbocycles. The number of carbonyl (C=O) groups is 1. The molecule has 0 aliphatic carbocycles. The van der Waals surface area contributed by atoms with Gasteiger partial charge in [0, 0.05) is 12.1 Å². The van der Waals surface area contributed by atoms with E-state index in [2.05, 4.69) is 5.32 Å². The molecule has 0 atom stereocenters. The number of amides is 1. The van der Waals surface area contributed by atoms with Crippen LogP contribution in [0.1, 0.15) is 29.8 Å². The van der Waals surface area contributed by atoms with Crippen LogP contribution in [0.3, 0.4) is 0 Å². The zero-order chi connectivity index (χ0) is 15.2. The number of nitrogens with one attached hydrogen (secondary N) is 1. The number of benzene rings is 2. The third kappa shape index (κ3) is 4.60. The molecule has 1 amide bonds. The number of carbonyl (C=O) groups excluding carboxylic acids is 1. The monoisotopic (exact) mass is 287 g/mol. The van der Waals surface area contributed by atoms with Crippen LogP contribution in [0.4, 0.5) is 4.39 Å². The van der Waals surface area contributed by atoms with Crippen molar-refractivity contribution in [3.05, 3.63) is 65.5 Å². The number of halogens is 1. The minimum absolute atomic E-state index is 0.128. The Morgan fingerprint density at radius 1 is 1.19 bits per heavy atom. The molecule has 0 aliphatic rings. The summed E-state index contributed by atoms with van der Waals surface area (Å²) >= 11 is 0. The first-order valence-electron chi connectivity index (χ1n) is 6.84. The number of hydrogen-bond acceptors (Lipinski definition) is 2. The smallest absolute Gasteiger partial charge is 0.251 e. The molecule has 0 unspecified atom stereocenters. The first-order valence-corrected chi connectivity index (χ1v) is 6.84. The molecule has 4 heteroatoms. The second-order valence-corrected chi connectivity index (χ2v) is 5.00. The fourth-order valence-electron chi connectivity index (χ4n) is 1.87. The maximum absolute atomic E-state index is 13.0. The van der Waals surface area contributed by atoms with Gasteiger partial charge < -0.3 is 10.1 Å². The Labute approximate surface area is 123 Å². The first kappa shape index (κ1) is 15.0. The first-order chi connectivity index (χ1) is 10.0. The van der Waals surface area contributed by atoms with E-state index < -0.39 is 5.82 Å². The molecule has 0 bridgehead atoms. The number of hydrogen-bond donors (Lipinski definition) is 1. The highest BCUT2D eigenvalue weighted by atomic mass is 19.1. The zero-order valence-corrected chi connectivity index (χ0v) is 12.1. The molecule has 1 N–H and O–H groups in total. The Balaban J connectivity index is 1.92. The van der Waals surface area contributed by atoms with Gasteiger partial charge in [-0.25, -0.2) is 4.39 Å². The third-order valence-corrected chi connectivity index (χ3v) is 2.84. The van der Waals surface area contributed by atoms with Crippen LogP contribution in [0.2, 0.25) is 0 Å². The van der Waals surface area contributed by atoms with Crippen molar-refractivity contribution in [3.63, 3.8) is 0 Å². The van der Waals surface area contributed by atoms with E-state index >= 15 is 0 Å². The molecule has 0 fully saturated rings.